The average molecular weight is 203 g/mol. The SMILES string of the molecule is CCCCOC(=O)NCCCC(=O)O. The van der Waals surface area contributed by atoms with Gasteiger partial charge in [0.1, 0.15) is 0 Å². The van der Waals surface area contributed by atoms with Crippen molar-refractivity contribution in [1.82, 2.24) is 5.32 Å². The number of hydrogen-bond acceptors (Lipinski definition) is 3. The average Bonchev–Trinajstić information content (AvgIpc) is 2.13. The van der Waals surface area contributed by atoms with E-state index in [0.717, 1.165) is 12.8 Å². The standard InChI is InChI=1S/C9H17NO4/c1-2-3-7-14-9(13)10-6-4-5-8(11)12/h2-7H2,1H3,(H,10,13)(H,11,12). The van der Waals surface area contributed by atoms with E-state index in [0.29, 0.717) is 19.6 Å². The number of carbonyl (C=O) groups is 2. The van der Waals surface area contributed by atoms with Gasteiger partial charge in [-0.1, -0.05) is 13.3 Å². The first kappa shape index (κ1) is 12.7. The molecule has 5 nitrogen and oxygen atoms in total. The number of nitrogens with one attached hydrogen (secondary N) is 1. The fraction of sp³-hybridized carbons (Fsp3) is 0.778. The Morgan fingerprint density at radius 1 is 1.36 bits per heavy atom. The van der Waals surface area contributed by atoms with E-state index in [2.05, 4.69) is 5.32 Å². The third kappa shape index (κ3) is 8.83. The smallest absolute Gasteiger partial charge is 0.407 e. The lowest BCUT2D eigenvalue weighted by Gasteiger charge is -2.05. The monoisotopic (exact) mass is 203 g/mol. The molecule has 0 aromatic rings. The summed E-state index contributed by atoms with van der Waals surface area (Å²) in [4.78, 5) is 21.0. The van der Waals surface area contributed by atoms with Gasteiger partial charge in [0.05, 0.1) is 6.61 Å². The molecule has 0 heterocycles. The number of carbonyl (C=O) groups excluding carboxylic acids is 1. The van der Waals surface area contributed by atoms with Crippen LogP contribution in [0.25, 0.3) is 0 Å². The molecule has 0 radical (unpaired) electrons. The van der Waals surface area contributed by atoms with Crippen LogP contribution < -0.4 is 5.32 Å². The quantitative estimate of drug-likeness (QED) is 0.613. The number of ether oxygens (including phenoxy) is 1. The molecule has 82 valence electrons. The normalized spacial score (nSPS) is 9.50. The molecule has 0 atom stereocenters. The molecule has 0 aliphatic rings. The molecule has 0 saturated carbocycles. The first-order valence-electron chi connectivity index (χ1n) is 4.79. The number of hydrogen-bond donors (Lipinski definition) is 2. The van der Waals surface area contributed by atoms with Crippen LogP contribution in [0.4, 0.5) is 4.79 Å². The minimum atomic E-state index is -0.855. The van der Waals surface area contributed by atoms with Crippen molar-refractivity contribution in [1.29, 1.82) is 0 Å². The predicted octanol–water partition coefficient (Wildman–Crippen LogP) is 1.38. The van der Waals surface area contributed by atoms with Gasteiger partial charge in [-0.3, -0.25) is 4.79 Å². The first-order chi connectivity index (χ1) is 6.66. The summed E-state index contributed by atoms with van der Waals surface area (Å²) in [5, 5.41) is 10.8. The molecule has 0 aliphatic carbocycles. The van der Waals surface area contributed by atoms with Gasteiger partial charge in [0.2, 0.25) is 0 Å². The Bertz CT molecular complexity index is 182. The van der Waals surface area contributed by atoms with Crippen LogP contribution in [0, 0.1) is 0 Å². The van der Waals surface area contributed by atoms with E-state index >= 15 is 0 Å². The number of aliphatic carboxylic acids is 1. The van der Waals surface area contributed by atoms with E-state index in [9.17, 15) is 9.59 Å². The topological polar surface area (TPSA) is 75.6 Å². The molecule has 5 heteroatoms. The largest absolute Gasteiger partial charge is 0.481 e. The number of alkyl carbamates (subject to hydrolysis) is 1. The van der Waals surface area contributed by atoms with Gasteiger partial charge < -0.3 is 15.2 Å². The van der Waals surface area contributed by atoms with Crippen molar-refractivity contribution >= 4 is 12.1 Å². The summed E-state index contributed by atoms with van der Waals surface area (Å²) in [5.41, 5.74) is 0. The Morgan fingerprint density at radius 2 is 2.07 bits per heavy atom. The third-order valence-electron chi connectivity index (χ3n) is 1.57. The maximum Gasteiger partial charge on any atom is 0.407 e. The second-order valence-corrected chi connectivity index (χ2v) is 2.91. The van der Waals surface area contributed by atoms with Crippen LogP contribution in [-0.4, -0.2) is 30.3 Å². The van der Waals surface area contributed by atoms with Crippen LogP contribution in [0.5, 0.6) is 0 Å². The third-order valence-corrected chi connectivity index (χ3v) is 1.57. The number of amides is 1. The summed E-state index contributed by atoms with van der Waals surface area (Å²) in [6.45, 7) is 2.77. The molecule has 0 aliphatic heterocycles. The van der Waals surface area contributed by atoms with E-state index in [1.165, 1.54) is 0 Å². The lowest BCUT2D eigenvalue weighted by molar-refractivity contribution is -0.137. The minimum Gasteiger partial charge on any atom is -0.481 e. The Morgan fingerprint density at radius 3 is 2.64 bits per heavy atom. The minimum absolute atomic E-state index is 0.0647. The molecule has 2 N–H and O–H groups in total. The number of rotatable bonds is 7. The Labute approximate surface area is 83.4 Å². The van der Waals surface area contributed by atoms with Gasteiger partial charge in [0, 0.05) is 13.0 Å². The van der Waals surface area contributed by atoms with E-state index in [4.69, 9.17) is 9.84 Å². The zero-order chi connectivity index (χ0) is 10.8. The van der Waals surface area contributed by atoms with Crippen LogP contribution in [0.3, 0.4) is 0 Å². The van der Waals surface area contributed by atoms with Crippen molar-refractivity contribution in [2.24, 2.45) is 0 Å². The van der Waals surface area contributed by atoms with Crippen LogP contribution in [0.1, 0.15) is 32.6 Å². The Balaban J connectivity index is 3.22. The summed E-state index contributed by atoms with van der Waals surface area (Å²) in [6, 6.07) is 0. The molecule has 0 saturated heterocycles. The predicted molar refractivity (Wildman–Crippen MR) is 51.1 cm³/mol. The molecule has 0 aromatic heterocycles. The second kappa shape index (κ2) is 8.34. The van der Waals surface area contributed by atoms with Gasteiger partial charge in [0.15, 0.2) is 0 Å². The van der Waals surface area contributed by atoms with Gasteiger partial charge in [-0.05, 0) is 12.8 Å². The molecule has 0 spiro atoms. The molecular formula is C9H17NO4. The van der Waals surface area contributed by atoms with Crippen LogP contribution in [-0.2, 0) is 9.53 Å². The van der Waals surface area contributed by atoms with Crippen molar-refractivity contribution in [3.8, 4) is 0 Å². The summed E-state index contributed by atoms with van der Waals surface area (Å²) >= 11 is 0. The Kier molecular flexibility index (Phi) is 7.59. The van der Waals surface area contributed by atoms with Gasteiger partial charge in [-0.25, -0.2) is 4.79 Å². The molecule has 0 rings (SSSR count). The van der Waals surface area contributed by atoms with Crippen molar-refractivity contribution in [2.45, 2.75) is 32.6 Å². The Hall–Kier alpha value is -1.26. The number of carboxylic acid groups (broad SMARTS) is 1. The lowest BCUT2D eigenvalue weighted by Crippen LogP contribution is -2.26. The van der Waals surface area contributed by atoms with Crippen molar-refractivity contribution in [3.05, 3.63) is 0 Å². The maximum atomic E-state index is 10.9. The highest BCUT2D eigenvalue weighted by atomic mass is 16.5. The highest BCUT2D eigenvalue weighted by Gasteiger charge is 2.01. The van der Waals surface area contributed by atoms with E-state index in [-0.39, 0.29) is 6.42 Å². The van der Waals surface area contributed by atoms with Crippen LogP contribution in [0.15, 0.2) is 0 Å². The summed E-state index contributed by atoms with van der Waals surface area (Å²) in [7, 11) is 0. The molecule has 0 aromatic carbocycles. The zero-order valence-electron chi connectivity index (χ0n) is 8.41. The molecular weight excluding hydrogens is 186 g/mol. The zero-order valence-corrected chi connectivity index (χ0v) is 8.41. The second-order valence-electron chi connectivity index (χ2n) is 2.91. The number of unbranched alkanes of at least 4 members (excludes halogenated alkanes) is 1. The van der Waals surface area contributed by atoms with Gasteiger partial charge in [-0.15, -0.1) is 0 Å². The fourth-order valence-electron chi connectivity index (χ4n) is 0.790. The number of carboxylic acids is 1. The van der Waals surface area contributed by atoms with Gasteiger partial charge in [-0.2, -0.15) is 0 Å². The van der Waals surface area contributed by atoms with Crippen LogP contribution in [0.2, 0.25) is 0 Å². The molecule has 0 unspecified atom stereocenters. The highest BCUT2D eigenvalue weighted by molar-refractivity contribution is 5.68. The van der Waals surface area contributed by atoms with Crippen molar-refractivity contribution in [3.63, 3.8) is 0 Å². The molecule has 1 amide bonds. The lowest BCUT2D eigenvalue weighted by atomic mass is 10.3. The summed E-state index contributed by atoms with van der Waals surface area (Å²) < 4.78 is 4.79. The molecule has 0 fully saturated rings. The first-order valence-corrected chi connectivity index (χ1v) is 4.79. The van der Waals surface area contributed by atoms with Gasteiger partial charge in [0.25, 0.3) is 0 Å². The highest BCUT2D eigenvalue weighted by Crippen LogP contribution is 1.90. The van der Waals surface area contributed by atoms with Crippen LogP contribution >= 0.6 is 0 Å². The molecule has 0 bridgehead atoms. The van der Waals surface area contributed by atoms with Crippen molar-refractivity contribution in [2.75, 3.05) is 13.2 Å². The fourth-order valence-corrected chi connectivity index (χ4v) is 0.790. The van der Waals surface area contributed by atoms with E-state index in [1.54, 1.807) is 0 Å². The van der Waals surface area contributed by atoms with Crippen molar-refractivity contribution < 1.29 is 19.4 Å². The van der Waals surface area contributed by atoms with E-state index in [1.807, 2.05) is 6.92 Å². The van der Waals surface area contributed by atoms with E-state index < -0.39 is 12.1 Å². The van der Waals surface area contributed by atoms with Gasteiger partial charge >= 0.3 is 12.1 Å². The maximum absolute atomic E-state index is 10.9. The summed E-state index contributed by atoms with van der Waals surface area (Å²) in [6.07, 6.45) is 1.85. The summed E-state index contributed by atoms with van der Waals surface area (Å²) in [5.74, 6) is -0.855. The molecule has 14 heavy (non-hydrogen) atoms.